The van der Waals surface area contributed by atoms with Crippen LogP contribution in [-0.2, 0) is 6.42 Å². The lowest BCUT2D eigenvalue weighted by molar-refractivity contribution is 0.184. The van der Waals surface area contributed by atoms with Crippen molar-refractivity contribution < 1.29 is 14.3 Å². The number of carbonyl (C=O) groups is 1. The maximum atomic E-state index is 12.6. The summed E-state index contributed by atoms with van der Waals surface area (Å²) < 4.78 is 11.1. The number of hydrogen-bond acceptors (Lipinski definition) is 5. The molecule has 2 amide bonds. The molecule has 0 aliphatic carbocycles. The minimum absolute atomic E-state index is 0.131. The number of amides is 2. The summed E-state index contributed by atoms with van der Waals surface area (Å²) in [5.74, 6) is 1.55. The van der Waals surface area contributed by atoms with Crippen LogP contribution in [0.4, 0.5) is 4.79 Å². The predicted octanol–water partition coefficient (Wildman–Crippen LogP) is 4.11. The van der Waals surface area contributed by atoms with Crippen molar-refractivity contribution in [2.24, 2.45) is 10.1 Å². The number of methoxy groups -OCH3 is 2. The van der Waals surface area contributed by atoms with Crippen LogP contribution >= 0.6 is 0 Å². The van der Waals surface area contributed by atoms with E-state index in [1.165, 1.54) is 10.6 Å². The van der Waals surface area contributed by atoms with Crippen molar-refractivity contribution in [1.82, 2.24) is 10.3 Å². The van der Waals surface area contributed by atoms with E-state index in [0.29, 0.717) is 17.9 Å². The minimum Gasteiger partial charge on any atom is -0.493 e. The van der Waals surface area contributed by atoms with Crippen molar-refractivity contribution in [2.75, 3.05) is 21.3 Å². The molecule has 0 saturated carbocycles. The highest BCUT2D eigenvalue weighted by molar-refractivity contribution is 6.14. The van der Waals surface area contributed by atoms with E-state index in [-0.39, 0.29) is 18.0 Å². The Labute approximate surface area is 188 Å². The maximum Gasteiger partial charge on any atom is 0.337 e. The first kappa shape index (κ1) is 21.6. The Kier molecular flexibility index (Phi) is 6.25. The number of rotatable bonds is 4. The quantitative estimate of drug-likeness (QED) is 0.790. The van der Waals surface area contributed by atoms with Gasteiger partial charge < -0.3 is 14.8 Å². The van der Waals surface area contributed by atoms with Crippen LogP contribution in [0.1, 0.15) is 41.5 Å². The number of allylic oxidation sites excluding steroid dienone is 1. The normalized spacial score (nSPS) is 19.6. The molecule has 0 radical (unpaired) electrons. The van der Waals surface area contributed by atoms with Gasteiger partial charge in [0.15, 0.2) is 11.5 Å². The summed E-state index contributed by atoms with van der Waals surface area (Å²) in [6.45, 7) is 1.99. The number of carbonyl (C=O) groups excluding carboxylic acids is 1. The van der Waals surface area contributed by atoms with Crippen LogP contribution in [0.2, 0.25) is 0 Å². The van der Waals surface area contributed by atoms with E-state index in [4.69, 9.17) is 14.6 Å². The van der Waals surface area contributed by atoms with Gasteiger partial charge in [-0.2, -0.15) is 5.10 Å². The Balaban J connectivity index is 1.82. The monoisotopic (exact) mass is 432 g/mol. The second-order valence-corrected chi connectivity index (χ2v) is 7.91. The Morgan fingerprint density at radius 3 is 2.47 bits per heavy atom. The van der Waals surface area contributed by atoms with Gasteiger partial charge in [-0.15, -0.1) is 0 Å². The molecule has 2 atom stereocenters. The van der Waals surface area contributed by atoms with Crippen LogP contribution in [0.15, 0.2) is 58.8 Å². The van der Waals surface area contributed by atoms with Crippen molar-refractivity contribution >= 4 is 18.0 Å². The molecule has 2 unspecified atom stereocenters. The van der Waals surface area contributed by atoms with E-state index in [1.54, 1.807) is 21.3 Å². The van der Waals surface area contributed by atoms with E-state index >= 15 is 0 Å². The van der Waals surface area contributed by atoms with Gasteiger partial charge in [0.25, 0.3) is 0 Å². The summed E-state index contributed by atoms with van der Waals surface area (Å²) in [7, 11) is 4.86. The first-order valence-electron chi connectivity index (χ1n) is 10.7. The topological polar surface area (TPSA) is 75.5 Å². The largest absolute Gasteiger partial charge is 0.493 e. The molecule has 7 nitrogen and oxygen atoms in total. The summed E-state index contributed by atoms with van der Waals surface area (Å²) in [5, 5.41) is 9.03. The standard InChI is InChI=1S/C25H28N4O3/c1-16-12-20-13-22(31-3)23(32-4)14-21(20)24(28-29(16)25(30)26-2)18-9-7-17(8-10-18)19-6-5-11-27-15-19/h5,7-11,13-16,19H,6,12H2,1-4H3,(H,26,30). The molecule has 0 saturated heterocycles. The Morgan fingerprint density at radius 2 is 1.84 bits per heavy atom. The highest BCUT2D eigenvalue weighted by Gasteiger charge is 2.28. The second kappa shape index (κ2) is 9.26. The number of urea groups is 1. The Morgan fingerprint density at radius 1 is 1.12 bits per heavy atom. The van der Waals surface area contributed by atoms with Crippen LogP contribution in [0, 0.1) is 0 Å². The van der Waals surface area contributed by atoms with E-state index in [0.717, 1.165) is 28.8 Å². The number of nitrogens with one attached hydrogen (secondary N) is 1. The molecular weight excluding hydrogens is 404 g/mol. The lowest BCUT2D eigenvalue weighted by Gasteiger charge is -2.22. The third-order valence-corrected chi connectivity index (χ3v) is 5.89. The average Bonchev–Trinajstić information content (AvgIpc) is 2.98. The second-order valence-electron chi connectivity index (χ2n) is 7.91. The summed E-state index contributed by atoms with van der Waals surface area (Å²) in [4.78, 5) is 16.9. The molecule has 1 N–H and O–H groups in total. The average molecular weight is 433 g/mol. The molecule has 2 heterocycles. The van der Waals surface area contributed by atoms with Gasteiger partial charge >= 0.3 is 6.03 Å². The maximum absolute atomic E-state index is 12.6. The third-order valence-electron chi connectivity index (χ3n) is 5.89. The molecule has 0 aromatic heterocycles. The zero-order valence-corrected chi connectivity index (χ0v) is 18.8. The summed E-state index contributed by atoms with van der Waals surface area (Å²) >= 11 is 0. The van der Waals surface area contributed by atoms with Crippen molar-refractivity contribution in [3.05, 3.63) is 70.9 Å². The van der Waals surface area contributed by atoms with Crippen molar-refractivity contribution in [3.8, 4) is 11.5 Å². The number of ether oxygens (including phenoxy) is 2. The summed E-state index contributed by atoms with van der Waals surface area (Å²) in [6, 6.07) is 11.9. The highest BCUT2D eigenvalue weighted by Crippen LogP contribution is 2.35. The Bertz CT molecular complexity index is 1090. The SMILES string of the molecule is CNC(=O)N1N=C(c2ccc(C3C=NC=CC3)cc2)c2cc(OC)c(OC)cc2CC1C. The van der Waals surface area contributed by atoms with Crippen LogP contribution < -0.4 is 14.8 Å². The van der Waals surface area contributed by atoms with Gasteiger partial charge in [-0.1, -0.05) is 30.3 Å². The fraction of sp³-hybridized carbons (Fsp3) is 0.320. The van der Waals surface area contributed by atoms with Gasteiger partial charge in [0.05, 0.1) is 26.0 Å². The van der Waals surface area contributed by atoms with Crippen molar-refractivity contribution in [2.45, 2.75) is 31.7 Å². The van der Waals surface area contributed by atoms with Crippen LogP contribution in [0.3, 0.4) is 0 Å². The molecule has 166 valence electrons. The van der Waals surface area contributed by atoms with Crippen molar-refractivity contribution in [1.29, 1.82) is 0 Å². The minimum atomic E-state index is -0.247. The zero-order chi connectivity index (χ0) is 22.7. The molecule has 2 aromatic carbocycles. The molecule has 2 aliphatic heterocycles. The Hall–Kier alpha value is -3.61. The van der Waals surface area contributed by atoms with E-state index < -0.39 is 0 Å². The highest BCUT2D eigenvalue weighted by atomic mass is 16.5. The van der Waals surface area contributed by atoms with Gasteiger partial charge in [-0.3, -0.25) is 4.99 Å². The fourth-order valence-corrected chi connectivity index (χ4v) is 4.14. The predicted molar refractivity (Wildman–Crippen MR) is 126 cm³/mol. The zero-order valence-electron chi connectivity index (χ0n) is 18.8. The number of nitrogens with zero attached hydrogens (tertiary/aromatic N) is 3. The fourth-order valence-electron chi connectivity index (χ4n) is 4.14. The van der Waals surface area contributed by atoms with Gasteiger partial charge in [0, 0.05) is 36.5 Å². The molecule has 4 rings (SSSR count). The van der Waals surface area contributed by atoms with E-state index in [1.807, 2.05) is 31.5 Å². The molecule has 2 aliphatic rings. The molecule has 7 heteroatoms. The summed E-state index contributed by atoms with van der Waals surface area (Å²) in [6.07, 6.45) is 7.45. The number of benzene rings is 2. The van der Waals surface area contributed by atoms with Crippen LogP contribution in [0.25, 0.3) is 0 Å². The van der Waals surface area contributed by atoms with E-state index in [9.17, 15) is 4.79 Å². The first-order valence-corrected chi connectivity index (χ1v) is 10.7. The van der Waals surface area contributed by atoms with Gasteiger partial charge in [0.2, 0.25) is 0 Å². The molecule has 2 aromatic rings. The van der Waals surface area contributed by atoms with Gasteiger partial charge in [-0.25, -0.2) is 9.80 Å². The van der Waals surface area contributed by atoms with Crippen LogP contribution in [-0.4, -0.2) is 50.3 Å². The number of aliphatic imine (C=N–C) groups is 1. The van der Waals surface area contributed by atoms with Crippen LogP contribution in [0.5, 0.6) is 11.5 Å². The molecule has 0 spiro atoms. The third kappa shape index (κ3) is 4.10. The first-order chi connectivity index (χ1) is 15.5. The van der Waals surface area contributed by atoms with Gasteiger partial charge in [-0.05, 0) is 43.0 Å². The molecular formula is C25H28N4O3. The number of hydrogen-bond donors (Lipinski definition) is 1. The smallest absolute Gasteiger partial charge is 0.337 e. The number of hydrazone groups is 1. The molecule has 0 fully saturated rings. The molecule has 0 bridgehead atoms. The van der Waals surface area contributed by atoms with Crippen molar-refractivity contribution in [3.63, 3.8) is 0 Å². The molecule has 32 heavy (non-hydrogen) atoms. The van der Waals surface area contributed by atoms with Gasteiger partial charge in [0.1, 0.15) is 0 Å². The lowest BCUT2D eigenvalue weighted by Crippen LogP contribution is -2.41. The lowest BCUT2D eigenvalue weighted by atomic mass is 9.91. The summed E-state index contributed by atoms with van der Waals surface area (Å²) in [5.41, 5.74) is 4.82. The van der Waals surface area contributed by atoms with E-state index in [2.05, 4.69) is 40.7 Å². The number of fused-ring (bicyclic) bond motifs is 1.